The van der Waals surface area contributed by atoms with Gasteiger partial charge in [0, 0.05) is 32.7 Å². The number of hydrogen-bond donors (Lipinski definition) is 1. The molecule has 1 fully saturated rings. The van der Waals surface area contributed by atoms with E-state index in [0.29, 0.717) is 6.54 Å². The van der Waals surface area contributed by atoms with Gasteiger partial charge < -0.3 is 15.4 Å². The third kappa shape index (κ3) is 4.47. The van der Waals surface area contributed by atoms with Crippen molar-refractivity contribution in [2.24, 2.45) is 5.73 Å². The number of nitrogens with zero attached hydrogens (tertiary/aromatic N) is 2. The van der Waals surface area contributed by atoms with Crippen molar-refractivity contribution in [1.29, 1.82) is 0 Å². The molecule has 1 saturated heterocycles. The minimum atomic E-state index is 0.246. The van der Waals surface area contributed by atoms with Crippen LogP contribution in [-0.2, 0) is 4.74 Å². The summed E-state index contributed by atoms with van der Waals surface area (Å²) >= 11 is 0. The minimum Gasteiger partial charge on any atom is -0.374 e. The van der Waals surface area contributed by atoms with Crippen LogP contribution in [0.25, 0.3) is 0 Å². The summed E-state index contributed by atoms with van der Waals surface area (Å²) in [4.78, 5) is 4.91. The zero-order valence-electron chi connectivity index (χ0n) is 10.1. The Kier molecular flexibility index (Phi) is 6.17. The molecule has 0 bridgehead atoms. The summed E-state index contributed by atoms with van der Waals surface area (Å²) in [7, 11) is 0. The van der Waals surface area contributed by atoms with Crippen molar-refractivity contribution >= 4 is 0 Å². The molecule has 0 aliphatic carbocycles. The lowest BCUT2D eigenvalue weighted by molar-refractivity contribution is -0.0251. The van der Waals surface area contributed by atoms with Crippen molar-refractivity contribution in [2.45, 2.75) is 20.0 Å². The highest BCUT2D eigenvalue weighted by Crippen LogP contribution is 2.03. The molecule has 15 heavy (non-hydrogen) atoms. The predicted molar refractivity (Wildman–Crippen MR) is 63.0 cm³/mol. The van der Waals surface area contributed by atoms with Gasteiger partial charge in [-0.05, 0) is 13.1 Å². The van der Waals surface area contributed by atoms with Gasteiger partial charge in [0.1, 0.15) is 0 Å². The van der Waals surface area contributed by atoms with Crippen LogP contribution in [0.1, 0.15) is 13.8 Å². The summed E-state index contributed by atoms with van der Waals surface area (Å²) < 4.78 is 5.54. The summed E-state index contributed by atoms with van der Waals surface area (Å²) in [6, 6.07) is 0. The second-order valence-corrected chi connectivity index (χ2v) is 4.06. The molecule has 1 rings (SSSR count). The lowest BCUT2D eigenvalue weighted by Crippen LogP contribution is -2.47. The molecule has 0 spiro atoms. The van der Waals surface area contributed by atoms with Crippen LogP contribution in [0.2, 0.25) is 0 Å². The molecule has 4 nitrogen and oxygen atoms in total. The highest BCUT2D eigenvalue weighted by molar-refractivity contribution is 4.72. The Balaban J connectivity index is 2.20. The largest absolute Gasteiger partial charge is 0.374 e. The molecular formula is C11H25N3O. The smallest absolute Gasteiger partial charge is 0.0824 e. The first kappa shape index (κ1) is 12.9. The second kappa shape index (κ2) is 7.17. The molecule has 2 N–H and O–H groups in total. The molecule has 0 radical (unpaired) electrons. The average molecular weight is 215 g/mol. The van der Waals surface area contributed by atoms with Gasteiger partial charge in [-0.2, -0.15) is 0 Å². The maximum absolute atomic E-state index is 5.61. The van der Waals surface area contributed by atoms with Crippen LogP contribution in [0.4, 0.5) is 0 Å². The maximum Gasteiger partial charge on any atom is 0.0824 e. The molecule has 0 aromatic heterocycles. The van der Waals surface area contributed by atoms with Gasteiger partial charge in [0.2, 0.25) is 0 Å². The topological polar surface area (TPSA) is 41.7 Å². The summed E-state index contributed by atoms with van der Waals surface area (Å²) in [5.41, 5.74) is 5.61. The van der Waals surface area contributed by atoms with Crippen molar-refractivity contribution < 1.29 is 4.74 Å². The number of ether oxygens (including phenoxy) is 1. The van der Waals surface area contributed by atoms with E-state index in [4.69, 9.17) is 10.5 Å². The van der Waals surface area contributed by atoms with Crippen molar-refractivity contribution in [1.82, 2.24) is 9.80 Å². The van der Waals surface area contributed by atoms with E-state index in [-0.39, 0.29) is 6.10 Å². The lowest BCUT2D eigenvalue weighted by Gasteiger charge is -2.33. The Morgan fingerprint density at radius 2 is 2.13 bits per heavy atom. The Morgan fingerprint density at radius 3 is 2.73 bits per heavy atom. The zero-order valence-corrected chi connectivity index (χ0v) is 10.1. The molecular weight excluding hydrogens is 190 g/mol. The number of likely N-dealkylation sites (N-methyl/N-ethyl adjacent to an activating group) is 1. The summed E-state index contributed by atoms with van der Waals surface area (Å²) in [5, 5.41) is 0. The van der Waals surface area contributed by atoms with Gasteiger partial charge in [-0.15, -0.1) is 0 Å². The van der Waals surface area contributed by atoms with Crippen LogP contribution < -0.4 is 5.73 Å². The lowest BCUT2D eigenvalue weighted by atomic mass is 10.2. The first-order valence-corrected chi connectivity index (χ1v) is 6.06. The fourth-order valence-electron chi connectivity index (χ4n) is 1.95. The van der Waals surface area contributed by atoms with Gasteiger partial charge in [-0.1, -0.05) is 13.8 Å². The van der Waals surface area contributed by atoms with Crippen LogP contribution >= 0.6 is 0 Å². The fraction of sp³-hybridized carbons (Fsp3) is 1.00. The molecule has 1 unspecified atom stereocenters. The van der Waals surface area contributed by atoms with Gasteiger partial charge in [0.05, 0.1) is 12.7 Å². The highest BCUT2D eigenvalue weighted by atomic mass is 16.5. The molecule has 0 aromatic carbocycles. The summed E-state index contributed by atoms with van der Waals surface area (Å²) in [6.07, 6.45) is 0.246. The standard InChI is InChI=1S/C11H25N3O/c1-3-13(4-2)5-6-14-7-8-15-11(9-12)10-14/h11H,3-10,12H2,1-2H3. The van der Waals surface area contributed by atoms with E-state index in [0.717, 1.165) is 45.9 Å². The quantitative estimate of drug-likeness (QED) is 0.676. The molecule has 0 aromatic rings. The van der Waals surface area contributed by atoms with E-state index in [1.165, 1.54) is 0 Å². The molecule has 4 heteroatoms. The third-order valence-electron chi connectivity index (χ3n) is 3.11. The van der Waals surface area contributed by atoms with E-state index in [9.17, 15) is 0 Å². The Hall–Kier alpha value is -0.160. The van der Waals surface area contributed by atoms with Crippen molar-refractivity contribution in [2.75, 3.05) is 52.4 Å². The van der Waals surface area contributed by atoms with Crippen LogP contribution in [0.5, 0.6) is 0 Å². The van der Waals surface area contributed by atoms with Gasteiger partial charge in [-0.25, -0.2) is 0 Å². The van der Waals surface area contributed by atoms with E-state index in [1.807, 2.05) is 0 Å². The zero-order chi connectivity index (χ0) is 11.1. The van der Waals surface area contributed by atoms with Crippen LogP contribution in [0.3, 0.4) is 0 Å². The number of hydrogen-bond acceptors (Lipinski definition) is 4. The van der Waals surface area contributed by atoms with Crippen molar-refractivity contribution in [3.8, 4) is 0 Å². The minimum absolute atomic E-state index is 0.246. The van der Waals surface area contributed by atoms with E-state index < -0.39 is 0 Å². The highest BCUT2D eigenvalue weighted by Gasteiger charge is 2.18. The Labute approximate surface area is 93.4 Å². The van der Waals surface area contributed by atoms with Gasteiger partial charge in [-0.3, -0.25) is 4.90 Å². The number of nitrogens with two attached hydrogens (primary N) is 1. The summed E-state index contributed by atoms with van der Waals surface area (Å²) in [5.74, 6) is 0. The van der Waals surface area contributed by atoms with E-state index >= 15 is 0 Å². The van der Waals surface area contributed by atoms with Crippen LogP contribution in [-0.4, -0.2) is 68.3 Å². The predicted octanol–water partition coefficient (Wildman–Crippen LogP) is -0.0123. The van der Waals surface area contributed by atoms with E-state index in [2.05, 4.69) is 23.6 Å². The molecule has 1 heterocycles. The molecule has 90 valence electrons. The SMILES string of the molecule is CCN(CC)CCN1CCOC(CN)C1. The molecule has 0 amide bonds. The van der Waals surface area contributed by atoms with Gasteiger partial charge >= 0.3 is 0 Å². The first-order valence-electron chi connectivity index (χ1n) is 6.06. The fourth-order valence-corrected chi connectivity index (χ4v) is 1.95. The monoisotopic (exact) mass is 215 g/mol. The molecule has 1 atom stereocenters. The maximum atomic E-state index is 5.61. The molecule has 1 aliphatic rings. The molecule has 0 saturated carbocycles. The number of rotatable bonds is 6. The van der Waals surface area contributed by atoms with Crippen molar-refractivity contribution in [3.63, 3.8) is 0 Å². The van der Waals surface area contributed by atoms with Gasteiger partial charge in [0.15, 0.2) is 0 Å². The summed E-state index contributed by atoms with van der Waals surface area (Å²) in [6.45, 7) is 12.5. The first-order chi connectivity index (χ1) is 7.30. The second-order valence-electron chi connectivity index (χ2n) is 4.06. The normalized spacial score (nSPS) is 23.6. The molecule has 1 aliphatic heterocycles. The Bertz CT molecular complexity index is 162. The van der Waals surface area contributed by atoms with Crippen LogP contribution in [0.15, 0.2) is 0 Å². The van der Waals surface area contributed by atoms with Gasteiger partial charge in [0.25, 0.3) is 0 Å². The average Bonchev–Trinajstić information content (AvgIpc) is 2.31. The number of morpholine rings is 1. The third-order valence-corrected chi connectivity index (χ3v) is 3.11. The van der Waals surface area contributed by atoms with Crippen LogP contribution in [0, 0.1) is 0 Å². The Morgan fingerprint density at radius 1 is 1.40 bits per heavy atom. The van der Waals surface area contributed by atoms with E-state index in [1.54, 1.807) is 0 Å². The van der Waals surface area contributed by atoms with Crippen molar-refractivity contribution in [3.05, 3.63) is 0 Å².